The monoisotopic (exact) mass is 247 g/mol. The molecular formula is C9H8ClO4S-. The molecule has 4 nitrogen and oxygen atoms in total. The molecule has 0 saturated carbocycles. The fourth-order valence-electron chi connectivity index (χ4n) is 1.23. The number of benzene rings is 1. The summed E-state index contributed by atoms with van der Waals surface area (Å²) in [5.41, 5.74) is 0.0161. The Morgan fingerprint density at radius 3 is 2.33 bits per heavy atom. The van der Waals surface area contributed by atoms with Gasteiger partial charge in [-0.15, -0.1) is 0 Å². The van der Waals surface area contributed by atoms with Crippen molar-refractivity contribution in [3.8, 4) is 0 Å². The summed E-state index contributed by atoms with van der Waals surface area (Å²) in [6.07, 6.45) is 1.03. The third-order valence-electron chi connectivity index (χ3n) is 1.96. The SMILES string of the molecule is Cc1c(S(C)(=O)=O)ccc(C(=O)[O-])c1Cl. The molecule has 1 aromatic carbocycles. The van der Waals surface area contributed by atoms with Crippen LogP contribution in [0.2, 0.25) is 5.02 Å². The predicted octanol–water partition coefficient (Wildman–Crippen LogP) is 0.415. The van der Waals surface area contributed by atoms with Crippen molar-refractivity contribution in [2.24, 2.45) is 0 Å². The molecule has 0 aromatic heterocycles. The quantitative estimate of drug-likeness (QED) is 0.759. The maximum atomic E-state index is 11.3. The highest BCUT2D eigenvalue weighted by atomic mass is 35.5. The largest absolute Gasteiger partial charge is 0.545 e. The number of hydrogen-bond acceptors (Lipinski definition) is 4. The summed E-state index contributed by atoms with van der Waals surface area (Å²) >= 11 is 5.71. The molecule has 1 aromatic rings. The van der Waals surface area contributed by atoms with Gasteiger partial charge in [0.1, 0.15) is 0 Å². The van der Waals surface area contributed by atoms with E-state index in [0.717, 1.165) is 12.3 Å². The first kappa shape index (κ1) is 12.0. The van der Waals surface area contributed by atoms with Crippen LogP contribution in [0.1, 0.15) is 15.9 Å². The summed E-state index contributed by atoms with van der Waals surface area (Å²) in [5, 5.41) is 10.5. The minimum absolute atomic E-state index is 0.0255. The van der Waals surface area contributed by atoms with E-state index in [1.165, 1.54) is 13.0 Å². The van der Waals surface area contributed by atoms with Crippen LogP contribution in [0.4, 0.5) is 0 Å². The van der Waals surface area contributed by atoms with Crippen LogP contribution < -0.4 is 5.11 Å². The van der Waals surface area contributed by atoms with E-state index in [2.05, 4.69) is 0 Å². The molecule has 0 unspecified atom stereocenters. The minimum Gasteiger partial charge on any atom is -0.545 e. The molecule has 0 radical (unpaired) electrons. The van der Waals surface area contributed by atoms with Gasteiger partial charge in [-0.1, -0.05) is 17.7 Å². The molecule has 0 amide bonds. The highest BCUT2D eigenvalue weighted by Crippen LogP contribution is 2.26. The van der Waals surface area contributed by atoms with Gasteiger partial charge in [0, 0.05) is 11.8 Å². The number of carbonyl (C=O) groups is 1. The summed E-state index contributed by atoms with van der Waals surface area (Å²) in [4.78, 5) is 10.6. The Morgan fingerprint density at radius 1 is 1.40 bits per heavy atom. The average molecular weight is 248 g/mol. The lowest BCUT2D eigenvalue weighted by atomic mass is 10.1. The first-order valence-electron chi connectivity index (χ1n) is 3.95. The summed E-state index contributed by atoms with van der Waals surface area (Å²) in [6, 6.07) is 2.34. The van der Waals surface area contributed by atoms with E-state index >= 15 is 0 Å². The molecule has 6 heteroatoms. The minimum atomic E-state index is -3.40. The Balaban J connectivity index is 3.55. The number of carboxylic acid groups (broad SMARTS) is 1. The van der Waals surface area contributed by atoms with Gasteiger partial charge in [0.15, 0.2) is 9.84 Å². The van der Waals surface area contributed by atoms with Crippen LogP contribution in [-0.4, -0.2) is 20.6 Å². The van der Waals surface area contributed by atoms with E-state index in [1.807, 2.05) is 0 Å². The summed E-state index contributed by atoms with van der Waals surface area (Å²) in [7, 11) is -3.40. The molecule has 0 aliphatic rings. The molecule has 0 bridgehead atoms. The number of aromatic carboxylic acids is 1. The van der Waals surface area contributed by atoms with Crippen LogP contribution in [0.25, 0.3) is 0 Å². The first-order valence-corrected chi connectivity index (χ1v) is 6.22. The molecule has 0 N–H and O–H groups in total. The van der Waals surface area contributed by atoms with Crippen molar-refractivity contribution < 1.29 is 18.3 Å². The van der Waals surface area contributed by atoms with Crippen LogP contribution in [0.3, 0.4) is 0 Å². The molecule has 0 atom stereocenters. The van der Waals surface area contributed by atoms with Crippen LogP contribution in [0, 0.1) is 6.92 Å². The van der Waals surface area contributed by atoms with Gasteiger partial charge in [0.25, 0.3) is 0 Å². The summed E-state index contributed by atoms with van der Waals surface area (Å²) in [6.45, 7) is 1.45. The first-order chi connectivity index (χ1) is 6.75. The second-order valence-electron chi connectivity index (χ2n) is 3.11. The van der Waals surface area contributed by atoms with E-state index in [1.54, 1.807) is 0 Å². The van der Waals surface area contributed by atoms with Crippen molar-refractivity contribution in [2.75, 3.05) is 6.26 Å². The molecule has 82 valence electrons. The molecule has 0 heterocycles. The number of halogens is 1. The van der Waals surface area contributed by atoms with Gasteiger partial charge in [-0.25, -0.2) is 8.42 Å². The smallest absolute Gasteiger partial charge is 0.175 e. The van der Waals surface area contributed by atoms with Crippen molar-refractivity contribution in [3.63, 3.8) is 0 Å². The molecule has 1 rings (SSSR count). The zero-order valence-electron chi connectivity index (χ0n) is 8.07. The normalized spacial score (nSPS) is 11.4. The Labute approximate surface area is 92.4 Å². The number of hydrogen-bond donors (Lipinski definition) is 0. The van der Waals surface area contributed by atoms with Crippen LogP contribution >= 0.6 is 11.6 Å². The maximum absolute atomic E-state index is 11.3. The molecule has 0 fully saturated rings. The molecular weight excluding hydrogens is 240 g/mol. The highest BCUT2D eigenvalue weighted by Gasteiger charge is 2.15. The molecule has 0 saturated heterocycles. The van der Waals surface area contributed by atoms with Crippen molar-refractivity contribution in [3.05, 3.63) is 28.3 Å². The molecule has 0 spiro atoms. The van der Waals surface area contributed by atoms with E-state index in [-0.39, 0.29) is 21.0 Å². The number of sulfone groups is 1. The number of carbonyl (C=O) groups excluding carboxylic acids is 1. The second-order valence-corrected chi connectivity index (χ2v) is 5.47. The Morgan fingerprint density at radius 2 is 1.93 bits per heavy atom. The van der Waals surface area contributed by atoms with Crippen LogP contribution in [-0.2, 0) is 9.84 Å². The van der Waals surface area contributed by atoms with E-state index in [0.29, 0.717) is 0 Å². The fourth-order valence-corrected chi connectivity index (χ4v) is 2.50. The van der Waals surface area contributed by atoms with Gasteiger partial charge in [-0.05, 0) is 18.6 Å². The Bertz CT molecular complexity index is 519. The van der Waals surface area contributed by atoms with Gasteiger partial charge in [-0.2, -0.15) is 0 Å². The lowest BCUT2D eigenvalue weighted by Gasteiger charge is -2.10. The maximum Gasteiger partial charge on any atom is 0.175 e. The van der Waals surface area contributed by atoms with Crippen molar-refractivity contribution in [1.82, 2.24) is 0 Å². The Kier molecular flexibility index (Phi) is 3.06. The third-order valence-corrected chi connectivity index (χ3v) is 3.68. The zero-order chi connectivity index (χ0) is 11.8. The van der Waals surface area contributed by atoms with Crippen LogP contribution in [0.5, 0.6) is 0 Å². The van der Waals surface area contributed by atoms with E-state index in [4.69, 9.17) is 11.6 Å². The van der Waals surface area contributed by atoms with Crippen molar-refractivity contribution in [2.45, 2.75) is 11.8 Å². The van der Waals surface area contributed by atoms with Gasteiger partial charge >= 0.3 is 0 Å². The lowest BCUT2D eigenvalue weighted by Crippen LogP contribution is -2.23. The van der Waals surface area contributed by atoms with Gasteiger partial charge in [-0.3, -0.25) is 0 Å². The standard InChI is InChI=1S/C9H9ClO4S/c1-5-7(15(2,13)14)4-3-6(8(5)10)9(11)12/h3-4H,1-2H3,(H,11,12)/p-1. The second kappa shape index (κ2) is 3.83. The summed E-state index contributed by atoms with van der Waals surface area (Å²) in [5.74, 6) is -1.43. The average Bonchev–Trinajstić information content (AvgIpc) is 2.06. The molecule has 0 aliphatic heterocycles. The van der Waals surface area contributed by atoms with Crippen molar-refractivity contribution in [1.29, 1.82) is 0 Å². The third kappa shape index (κ3) is 2.30. The highest BCUT2D eigenvalue weighted by molar-refractivity contribution is 7.90. The summed E-state index contributed by atoms with van der Waals surface area (Å²) < 4.78 is 22.5. The fraction of sp³-hybridized carbons (Fsp3) is 0.222. The molecule has 15 heavy (non-hydrogen) atoms. The Hall–Kier alpha value is -1.07. The lowest BCUT2D eigenvalue weighted by molar-refractivity contribution is -0.255. The van der Waals surface area contributed by atoms with E-state index < -0.39 is 15.8 Å². The topological polar surface area (TPSA) is 74.3 Å². The van der Waals surface area contributed by atoms with Gasteiger partial charge < -0.3 is 9.90 Å². The van der Waals surface area contributed by atoms with Crippen molar-refractivity contribution >= 4 is 27.4 Å². The van der Waals surface area contributed by atoms with Crippen LogP contribution in [0.15, 0.2) is 17.0 Å². The number of rotatable bonds is 2. The van der Waals surface area contributed by atoms with Gasteiger partial charge in [0.05, 0.1) is 15.9 Å². The molecule has 0 aliphatic carbocycles. The number of carboxylic acids is 1. The zero-order valence-corrected chi connectivity index (χ0v) is 9.65. The van der Waals surface area contributed by atoms with Gasteiger partial charge in [0.2, 0.25) is 0 Å². The van der Waals surface area contributed by atoms with E-state index in [9.17, 15) is 18.3 Å². The predicted molar refractivity (Wildman–Crippen MR) is 53.6 cm³/mol.